The van der Waals surface area contributed by atoms with E-state index in [2.05, 4.69) is 33.0 Å². The molecular formula is C15H23NO2S. The van der Waals surface area contributed by atoms with Gasteiger partial charge in [0, 0.05) is 18.5 Å². The Morgan fingerprint density at radius 2 is 1.95 bits per heavy atom. The molecule has 1 aliphatic rings. The van der Waals surface area contributed by atoms with Crippen LogP contribution in [0.15, 0.2) is 29.2 Å². The lowest BCUT2D eigenvalue weighted by Crippen LogP contribution is -2.38. The standard InChI is InChI=1S/C15H23NO2S/c1-11(2)16-10-15(3,4)13-9-19(17,18)14-8-6-5-7-12(13)14/h5-8,11,13,16H,9-10H2,1-4H3. The molecule has 0 saturated heterocycles. The zero-order valence-corrected chi connectivity index (χ0v) is 12.9. The van der Waals surface area contributed by atoms with Gasteiger partial charge in [-0.2, -0.15) is 0 Å². The number of rotatable bonds is 4. The average molecular weight is 281 g/mol. The maximum absolute atomic E-state index is 12.2. The summed E-state index contributed by atoms with van der Waals surface area (Å²) in [4.78, 5) is 0.526. The number of sulfone groups is 1. The van der Waals surface area contributed by atoms with Crippen LogP contribution in [0.4, 0.5) is 0 Å². The molecule has 0 aliphatic carbocycles. The SMILES string of the molecule is CC(C)NCC(C)(C)C1CS(=O)(=O)c2ccccc21. The quantitative estimate of drug-likeness (QED) is 0.922. The highest BCUT2D eigenvalue weighted by atomic mass is 32.2. The number of fused-ring (bicyclic) bond motifs is 1. The van der Waals surface area contributed by atoms with Gasteiger partial charge in [0.05, 0.1) is 10.6 Å². The van der Waals surface area contributed by atoms with Gasteiger partial charge in [-0.05, 0) is 17.0 Å². The highest BCUT2D eigenvalue weighted by Crippen LogP contribution is 2.44. The van der Waals surface area contributed by atoms with Gasteiger partial charge in [-0.25, -0.2) is 8.42 Å². The predicted molar refractivity (Wildman–Crippen MR) is 78.2 cm³/mol. The van der Waals surface area contributed by atoms with Crippen molar-refractivity contribution in [2.45, 2.75) is 44.6 Å². The fourth-order valence-electron chi connectivity index (χ4n) is 2.69. The summed E-state index contributed by atoms with van der Waals surface area (Å²) < 4.78 is 24.5. The second-order valence-corrected chi connectivity index (χ2v) is 8.40. The molecular weight excluding hydrogens is 258 g/mol. The van der Waals surface area contributed by atoms with Crippen molar-refractivity contribution in [1.82, 2.24) is 5.32 Å². The lowest BCUT2D eigenvalue weighted by atomic mass is 9.76. The molecule has 0 saturated carbocycles. The summed E-state index contributed by atoms with van der Waals surface area (Å²) in [5, 5.41) is 3.43. The zero-order chi connectivity index (χ0) is 14.3. The fraction of sp³-hybridized carbons (Fsp3) is 0.600. The van der Waals surface area contributed by atoms with Crippen LogP contribution >= 0.6 is 0 Å². The van der Waals surface area contributed by atoms with E-state index in [0.717, 1.165) is 12.1 Å². The molecule has 1 aromatic carbocycles. The van der Waals surface area contributed by atoms with Crippen molar-refractivity contribution in [3.05, 3.63) is 29.8 Å². The largest absolute Gasteiger partial charge is 0.314 e. The first-order chi connectivity index (χ1) is 8.74. The van der Waals surface area contributed by atoms with E-state index in [0.29, 0.717) is 10.9 Å². The minimum Gasteiger partial charge on any atom is -0.314 e. The van der Waals surface area contributed by atoms with E-state index in [4.69, 9.17) is 0 Å². The summed E-state index contributed by atoms with van der Waals surface area (Å²) in [5.41, 5.74) is 0.905. The minimum absolute atomic E-state index is 0.0694. The molecule has 0 fully saturated rings. The summed E-state index contributed by atoms with van der Waals surface area (Å²) in [5.74, 6) is 0.305. The third kappa shape index (κ3) is 2.84. The first-order valence-corrected chi connectivity index (χ1v) is 8.44. The Bertz CT molecular complexity index is 561. The number of benzene rings is 1. The smallest absolute Gasteiger partial charge is 0.179 e. The number of nitrogens with one attached hydrogen (secondary N) is 1. The highest BCUT2D eigenvalue weighted by Gasteiger charge is 2.42. The van der Waals surface area contributed by atoms with E-state index in [-0.39, 0.29) is 17.1 Å². The molecule has 0 spiro atoms. The topological polar surface area (TPSA) is 46.2 Å². The Kier molecular flexibility index (Phi) is 3.76. The van der Waals surface area contributed by atoms with Crippen molar-refractivity contribution in [2.75, 3.05) is 12.3 Å². The van der Waals surface area contributed by atoms with E-state index in [9.17, 15) is 8.42 Å². The van der Waals surface area contributed by atoms with Gasteiger partial charge in [-0.3, -0.25) is 0 Å². The Morgan fingerprint density at radius 3 is 2.58 bits per heavy atom. The van der Waals surface area contributed by atoms with Crippen molar-refractivity contribution in [3.63, 3.8) is 0 Å². The molecule has 0 radical (unpaired) electrons. The van der Waals surface area contributed by atoms with Crippen molar-refractivity contribution < 1.29 is 8.42 Å². The Labute approximate surface area is 116 Å². The molecule has 1 N–H and O–H groups in total. The zero-order valence-electron chi connectivity index (χ0n) is 12.1. The summed E-state index contributed by atoms with van der Waals surface area (Å²) in [6.45, 7) is 9.32. The summed E-state index contributed by atoms with van der Waals surface area (Å²) in [6.07, 6.45) is 0. The van der Waals surface area contributed by atoms with Gasteiger partial charge >= 0.3 is 0 Å². The lowest BCUT2D eigenvalue weighted by molar-refractivity contribution is 0.278. The van der Waals surface area contributed by atoms with Gasteiger partial charge in [-0.1, -0.05) is 45.9 Å². The Morgan fingerprint density at radius 1 is 1.32 bits per heavy atom. The second-order valence-electron chi connectivity index (χ2n) is 6.40. The molecule has 1 aliphatic heterocycles. The molecule has 0 amide bonds. The summed E-state index contributed by atoms with van der Waals surface area (Å²) in [7, 11) is -3.10. The van der Waals surface area contributed by atoms with E-state index in [1.807, 2.05) is 12.1 Å². The van der Waals surface area contributed by atoms with Crippen LogP contribution in [0.1, 0.15) is 39.2 Å². The molecule has 3 nitrogen and oxygen atoms in total. The maximum atomic E-state index is 12.2. The molecule has 1 unspecified atom stereocenters. The normalized spacial score (nSPS) is 21.6. The Balaban J connectivity index is 2.33. The lowest BCUT2D eigenvalue weighted by Gasteiger charge is -2.32. The molecule has 1 aromatic rings. The number of hydrogen-bond donors (Lipinski definition) is 1. The second kappa shape index (κ2) is 4.91. The van der Waals surface area contributed by atoms with Gasteiger partial charge in [0.15, 0.2) is 9.84 Å². The van der Waals surface area contributed by atoms with Crippen LogP contribution in [0, 0.1) is 5.41 Å². The van der Waals surface area contributed by atoms with Crippen LogP contribution in [0.5, 0.6) is 0 Å². The third-order valence-electron chi connectivity index (χ3n) is 3.92. The fourth-order valence-corrected chi connectivity index (χ4v) is 4.79. The average Bonchev–Trinajstić information content (AvgIpc) is 2.61. The highest BCUT2D eigenvalue weighted by molar-refractivity contribution is 7.91. The maximum Gasteiger partial charge on any atom is 0.179 e. The molecule has 1 atom stereocenters. The van der Waals surface area contributed by atoms with Crippen LogP contribution in [0.2, 0.25) is 0 Å². The molecule has 106 valence electrons. The first-order valence-electron chi connectivity index (χ1n) is 6.79. The number of hydrogen-bond acceptors (Lipinski definition) is 3. The van der Waals surface area contributed by atoms with Crippen LogP contribution < -0.4 is 5.32 Å². The predicted octanol–water partition coefficient (Wildman–Crippen LogP) is 2.58. The van der Waals surface area contributed by atoms with Crippen molar-refractivity contribution in [1.29, 1.82) is 0 Å². The van der Waals surface area contributed by atoms with Gasteiger partial charge in [0.25, 0.3) is 0 Å². The molecule has 0 aromatic heterocycles. The van der Waals surface area contributed by atoms with E-state index in [1.54, 1.807) is 12.1 Å². The third-order valence-corrected chi connectivity index (χ3v) is 5.74. The van der Waals surface area contributed by atoms with Gasteiger partial charge in [-0.15, -0.1) is 0 Å². The van der Waals surface area contributed by atoms with Crippen molar-refractivity contribution >= 4 is 9.84 Å². The van der Waals surface area contributed by atoms with E-state index >= 15 is 0 Å². The molecule has 1 heterocycles. The van der Waals surface area contributed by atoms with Crippen LogP contribution in [0.3, 0.4) is 0 Å². The van der Waals surface area contributed by atoms with E-state index < -0.39 is 9.84 Å². The first kappa shape index (κ1) is 14.5. The monoisotopic (exact) mass is 281 g/mol. The van der Waals surface area contributed by atoms with Crippen LogP contribution in [-0.4, -0.2) is 26.8 Å². The Hall–Kier alpha value is -0.870. The molecule has 19 heavy (non-hydrogen) atoms. The van der Waals surface area contributed by atoms with Crippen LogP contribution in [-0.2, 0) is 9.84 Å². The van der Waals surface area contributed by atoms with E-state index in [1.165, 1.54) is 0 Å². The van der Waals surface area contributed by atoms with Gasteiger partial charge < -0.3 is 5.32 Å². The van der Waals surface area contributed by atoms with Crippen LogP contribution in [0.25, 0.3) is 0 Å². The summed E-state index contributed by atoms with van der Waals surface area (Å²) in [6, 6.07) is 7.84. The van der Waals surface area contributed by atoms with Gasteiger partial charge in [0.2, 0.25) is 0 Å². The minimum atomic E-state index is -3.10. The summed E-state index contributed by atoms with van der Waals surface area (Å²) >= 11 is 0. The van der Waals surface area contributed by atoms with Crippen molar-refractivity contribution in [2.24, 2.45) is 5.41 Å². The molecule has 0 bridgehead atoms. The molecule has 4 heteroatoms. The van der Waals surface area contributed by atoms with Gasteiger partial charge in [0.1, 0.15) is 0 Å². The molecule has 2 rings (SSSR count). The van der Waals surface area contributed by atoms with Crippen molar-refractivity contribution in [3.8, 4) is 0 Å².